The molecule has 11 heteroatoms. The molecule has 3 heterocycles. The molecule has 2 fully saturated rings. The summed E-state index contributed by atoms with van der Waals surface area (Å²) in [6.07, 6.45) is 1.88. The molecule has 7 nitrogen and oxygen atoms in total. The van der Waals surface area contributed by atoms with Crippen LogP contribution in [0.2, 0.25) is 0 Å². The number of aromatic nitrogens is 1. The molecule has 44 heavy (non-hydrogen) atoms. The number of ether oxygens (including phenoxy) is 2. The number of likely N-dealkylation sites (tertiary alicyclic amines) is 1. The van der Waals surface area contributed by atoms with Gasteiger partial charge in [0.05, 0.1) is 31.3 Å². The number of carboxylic acid groups (broad SMARTS) is 1. The van der Waals surface area contributed by atoms with Crippen molar-refractivity contribution in [3.63, 3.8) is 0 Å². The van der Waals surface area contributed by atoms with Crippen LogP contribution in [-0.4, -0.2) is 78.9 Å². The lowest BCUT2D eigenvalue weighted by molar-refractivity contribution is -0.153. The standard InChI is InChI=1S/C33H39F4N3O4/c1-43-25-4-5-29-26(19-25)30(23(20-38-29)21-40-13-15-44-16-14-40)27(35)6-7-33(32(41)42)8-11-39(12-9-33)10-2-3-22-17-24(34)18-28(36)31(22)37/h4-5,17-20,27H,2-3,6-16,21H2,1H3,(H,41,42). The Labute approximate surface area is 254 Å². The lowest BCUT2D eigenvalue weighted by Crippen LogP contribution is -2.44. The smallest absolute Gasteiger partial charge is 0.309 e. The Morgan fingerprint density at radius 1 is 1.07 bits per heavy atom. The molecule has 3 aromatic rings. The van der Waals surface area contributed by atoms with Crippen LogP contribution in [0.25, 0.3) is 10.9 Å². The van der Waals surface area contributed by atoms with Gasteiger partial charge in [-0.1, -0.05) is 0 Å². The van der Waals surface area contributed by atoms with Gasteiger partial charge in [-0.15, -0.1) is 0 Å². The normalized spacial score (nSPS) is 18.4. The number of benzene rings is 2. The highest BCUT2D eigenvalue weighted by molar-refractivity contribution is 5.85. The summed E-state index contributed by atoms with van der Waals surface area (Å²) in [6.45, 7) is 4.72. The maximum Gasteiger partial charge on any atom is 0.309 e. The van der Waals surface area contributed by atoms with Gasteiger partial charge in [-0.05, 0) is 93.6 Å². The van der Waals surface area contributed by atoms with Gasteiger partial charge in [-0.25, -0.2) is 17.6 Å². The van der Waals surface area contributed by atoms with Gasteiger partial charge in [-0.3, -0.25) is 14.7 Å². The Kier molecular flexibility index (Phi) is 10.4. The average Bonchev–Trinajstić information content (AvgIpc) is 3.02. The first-order valence-electron chi connectivity index (χ1n) is 15.2. The van der Waals surface area contributed by atoms with E-state index in [2.05, 4.69) is 14.8 Å². The Morgan fingerprint density at radius 3 is 2.52 bits per heavy atom. The maximum absolute atomic E-state index is 16.4. The second-order valence-electron chi connectivity index (χ2n) is 11.9. The van der Waals surface area contributed by atoms with Crippen molar-refractivity contribution in [3.05, 3.63) is 70.7 Å². The third kappa shape index (κ3) is 7.33. The summed E-state index contributed by atoms with van der Waals surface area (Å²) < 4.78 is 68.3. The van der Waals surface area contributed by atoms with E-state index in [0.29, 0.717) is 86.9 Å². The number of hydrogen-bond donors (Lipinski definition) is 1. The fourth-order valence-corrected chi connectivity index (χ4v) is 6.46. The van der Waals surface area contributed by atoms with Gasteiger partial charge in [0.25, 0.3) is 0 Å². The molecule has 2 aromatic carbocycles. The number of nitrogens with zero attached hydrogens (tertiary/aromatic N) is 3. The van der Waals surface area contributed by atoms with Gasteiger partial charge >= 0.3 is 5.97 Å². The van der Waals surface area contributed by atoms with Crippen molar-refractivity contribution in [3.8, 4) is 5.75 Å². The zero-order valence-electron chi connectivity index (χ0n) is 25.0. The van der Waals surface area contributed by atoms with E-state index in [4.69, 9.17) is 9.47 Å². The first kappa shape index (κ1) is 32.1. The molecule has 0 aliphatic carbocycles. The van der Waals surface area contributed by atoms with Crippen molar-refractivity contribution >= 4 is 16.9 Å². The minimum Gasteiger partial charge on any atom is -0.497 e. The van der Waals surface area contributed by atoms with Crippen molar-refractivity contribution in [2.75, 3.05) is 53.0 Å². The zero-order chi connectivity index (χ0) is 31.3. The first-order chi connectivity index (χ1) is 21.2. The highest BCUT2D eigenvalue weighted by atomic mass is 19.2. The molecule has 0 bridgehead atoms. The molecule has 2 aliphatic heterocycles. The summed E-state index contributed by atoms with van der Waals surface area (Å²) >= 11 is 0. The predicted molar refractivity (Wildman–Crippen MR) is 158 cm³/mol. The van der Waals surface area contributed by atoms with Gasteiger partial charge in [0.2, 0.25) is 0 Å². The number of fused-ring (bicyclic) bond motifs is 1. The second-order valence-corrected chi connectivity index (χ2v) is 11.9. The van der Waals surface area contributed by atoms with Crippen LogP contribution in [0.1, 0.15) is 55.0 Å². The number of carbonyl (C=O) groups is 1. The van der Waals surface area contributed by atoms with Gasteiger partial charge in [-0.2, -0.15) is 0 Å². The van der Waals surface area contributed by atoms with Crippen LogP contribution < -0.4 is 4.74 Å². The number of aliphatic carboxylic acids is 1. The van der Waals surface area contributed by atoms with E-state index in [1.54, 1.807) is 31.5 Å². The minimum atomic E-state index is -1.40. The monoisotopic (exact) mass is 617 g/mol. The summed E-state index contributed by atoms with van der Waals surface area (Å²) in [5.41, 5.74) is 0.871. The maximum atomic E-state index is 16.4. The van der Waals surface area contributed by atoms with Crippen molar-refractivity contribution in [2.45, 2.75) is 51.2 Å². The second kappa shape index (κ2) is 14.2. The zero-order valence-corrected chi connectivity index (χ0v) is 25.0. The lowest BCUT2D eigenvalue weighted by atomic mass is 9.74. The summed E-state index contributed by atoms with van der Waals surface area (Å²) in [6, 6.07) is 6.91. The molecule has 0 spiro atoms. The van der Waals surface area contributed by atoms with E-state index in [1.165, 1.54) is 0 Å². The average molecular weight is 618 g/mol. The van der Waals surface area contributed by atoms with Crippen molar-refractivity contribution in [1.82, 2.24) is 14.8 Å². The number of aryl methyl sites for hydroxylation is 1. The molecule has 2 aliphatic rings. The fourth-order valence-electron chi connectivity index (χ4n) is 6.46. The van der Waals surface area contributed by atoms with Gasteiger partial charge in [0, 0.05) is 42.8 Å². The molecular weight excluding hydrogens is 578 g/mol. The minimum absolute atomic E-state index is 0.0115. The number of alkyl halides is 1. The summed E-state index contributed by atoms with van der Waals surface area (Å²) in [5.74, 6) is -3.40. The van der Waals surface area contributed by atoms with Crippen molar-refractivity contribution < 1.29 is 36.9 Å². The van der Waals surface area contributed by atoms with E-state index in [1.807, 2.05) is 0 Å². The summed E-state index contributed by atoms with van der Waals surface area (Å²) in [7, 11) is 1.56. The predicted octanol–water partition coefficient (Wildman–Crippen LogP) is 6.08. The van der Waals surface area contributed by atoms with E-state index in [9.17, 15) is 23.1 Å². The molecule has 1 aromatic heterocycles. The van der Waals surface area contributed by atoms with Gasteiger partial charge in [0.15, 0.2) is 11.6 Å². The SMILES string of the molecule is COc1ccc2ncc(CN3CCOCC3)c(C(F)CCC3(C(=O)O)CCN(CCCc4cc(F)cc(F)c4F)CC3)c2c1. The van der Waals surface area contributed by atoms with E-state index in [0.717, 1.165) is 24.7 Å². The first-order valence-corrected chi connectivity index (χ1v) is 15.2. The number of hydrogen-bond acceptors (Lipinski definition) is 6. The number of rotatable bonds is 12. The third-order valence-electron chi connectivity index (χ3n) is 9.14. The fraction of sp³-hybridized carbons (Fsp3) is 0.515. The highest BCUT2D eigenvalue weighted by Gasteiger charge is 2.42. The van der Waals surface area contributed by atoms with Crippen LogP contribution in [0, 0.1) is 22.9 Å². The number of piperidine rings is 1. The van der Waals surface area contributed by atoms with Crippen LogP contribution in [0.4, 0.5) is 17.6 Å². The number of morpholine rings is 1. The van der Waals surface area contributed by atoms with E-state index >= 15 is 4.39 Å². The Bertz CT molecular complexity index is 1460. The summed E-state index contributed by atoms with van der Waals surface area (Å²) in [5, 5.41) is 10.9. The molecule has 2 saturated heterocycles. The molecule has 1 unspecified atom stereocenters. The molecule has 0 saturated carbocycles. The van der Waals surface area contributed by atoms with Crippen LogP contribution in [-0.2, 0) is 22.5 Å². The molecule has 1 atom stereocenters. The molecule has 238 valence electrons. The summed E-state index contributed by atoms with van der Waals surface area (Å²) in [4.78, 5) is 21.4. The largest absolute Gasteiger partial charge is 0.497 e. The third-order valence-corrected chi connectivity index (χ3v) is 9.14. The van der Waals surface area contributed by atoms with Crippen LogP contribution in [0.3, 0.4) is 0 Å². The molecular formula is C33H39F4N3O4. The van der Waals surface area contributed by atoms with Crippen LogP contribution in [0.15, 0.2) is 36.5 Å². The number of halogens is 4. The quantitative estimate of drug-likeness (QED) is 0.195. The number of carboxylic acids is 1. The number of methoxy groups -OCH3 is 1. The Morgan fingerprint density at radius 2 is 1.82 bits per heavy atom. The Hall–Kier alpha value is -3.28. The topological polar surface area (TPSA) is 75.1 Å². The van der Waals surface area contributed by atoms with Gasteiger partial charge < -0.3 is 19.5 Å². The highest BCUT2D eigenvalue weighted by Crippen LogP contribution is 2.42. The molecule has 0 radical (unpaired) electrons. The van der Waals surface area contributed by atoms with E-state index < -0.39 is 35.0 Å². The van der Waals surface area contributed by atoms with Crippen LogP contribution >= 0.6 is 0 Å². The van der Waals surface area contributed by atoms with Gasteiger partial charge in [0.1, 0.15) is 17.7 Å². The number of pyridine rings is 1. The molecule has 0 amide bonds. The lowest BCUT2D eigenvalue weighted by Gasteiger charge is -2.39. The Balaban J connectivity index is 1.25. The van der Waals surface area contributed by atoms with E-state index in [-0.39, 0.29) is 24.8 Å². The molecule has 1 N–H and O–H groups in total. The van der Waals surface area contributed by atoms with Crippen LogP contribution in [0.5, 0.6) is 5.75 Å². The van der Waals surface area contributed by atoms with Crippen molar-refractivity contribution in [1.29, 1.82) is 0 Å². The molecule has 5 rings (SSSR count). The van der Waals surface area contributed by atoms with Crippen molar-refractivity contribution in [2.24, 2.45) is 5.41 Å².